The summed E-state index contributed by atoms with van der Waals surface area (Å²) < 4.78 is 5.45. The number of aromatic nitrogens is 3. The maximum Gasteiger partial charge on any atom is 0.230 e. The van der Waals surface area contributed by atoms with Crippen LogP contribution in [0.25, 0.3) is 22.2 Å². The second kappa shape index (κ2) is 9.15. The number of hydrogen-bond donors (Lipinski definition) is 2. The van der Waals surface area contributed by atoms with Crippen molar-refractivity contribution in [1.29, 1.82) is 0 Å². The van der Waals surface area contributed by atoms with Crippen LogP contribution in [0.4, 0.5) is 17.2 Å². The maximum atomic E-state index is 12.6. The number of aryl methyl sites for hydroxylation is 2. The normalized spacial score (nSPS) is 10.9. The number of carbonyl (C=O) groups excluding carboxylic acids is 1. The SMILES string of the molecule is Cc1cc(C)c2onc(CC(=O)Nc3ccc(Nc4cc(-c5ccccc5)ncn4)cc3)c2c1. The number of hydrogen-bond acceptors (Lipinski definition) is 6. The van der Waals surface area contributed by atoms with E-state index in [2.05, 4.69) is 25.8 Å². The summed E-state index contributed by atoms with van der Waals surface area (Å²) in [5, 5.41) is 11.2. The van der Waals surface area contributed by atoms with Gasteiger partial charge in [0.15, 0.2) is 5.58 Å². The molecule has 5 rings (SSSR count). The van der Waals surface area contributed by atoms with Gasteiger partial charge in [0.25, 0.3) is 0 Å². The highest BCUT2D eigenvalue weighted by molar-refractivity contribution is 5.95. The van der Waals surface area contributed by atoms with Gasteiger partial charge in [-0.3, -0.25) is 4.79 Å². The van der Waals surface area contributed by atoms with Crippen LogP contribution >= 0.6 is 0 Å². The van der Waals surface area contributed by atoms with Crippen LogP contribution in [0, 0.1) is 13.8 Å². The van der Waals surface area contributed by atoms with Gasteiger partial charge in [0.05, 0.1) is 12.1 Å². The first-order valence-electron chi connectivity index (χ1n) is 10.9. The van der Waals surface area contributed by atoms with Crippen LogP contribution in [-0.2, 0) is 11.2 Å². The molecule has 0 fully saturated rings. The van der Waals surface area contributed by atoms with E-state index >= 15 is 0 Å². The second-order valence-electron chi connectivity index (χ2n) is 8.17. The third-order valence-electron chi connectivity index (χ3n) is 5.48. The molecule has 34 heavy (non-hydrogen) atoms. The molecular formula is C27H23N5O2. The van der Waals surface area contributed by atoms with E-state index in [0.29, 0.717) is 17.2 Å². The Kier molecular flexibility index (Phi) is 5.74. The largest absolute Gasteiger partial charge is 0.356 e. The number of fused-ring (bicyclic) bond motifs is 1. The minimum Gasteiger partial charge on any atom is -0.356 e. The van der Waals surface area contributed by atoms with E-state index in [1.165, 1.54) is 6.33 Å². The van der Waals surface area contributed by atoms with Crippen molar-refractivity contribution in [2.75, 3.05) is 10.6 Å². The van der Waals surface area contributed by atoms with Crippen molar-refractivity contribution in [3.63, 3.8) is 0 Å². The molecule has 7 heteroatoms. The summed E-state index contributed by atoms with van der Waals surface area (Å²) in [5.41, 5.74) is 6.89. The minimum atomic E-state index is -0.154. The van der Waals surface area contributed by atoms with Gasteiger partial charge in [0.2, 0.25) is 5.91 Å². The number of anilines is 3. The molecule has 3 aromatic carbocycles. The molecular weight excluding hydrogens is 426 g/mol. The smallest absolute Gasteiger partial charge is 0.230 e. The zero-order valence-corrected chi connectivity index (χ0v) is 18.9. The number of nitrogens with one attached hydrogen (secondary N) is 2. The predicted octanol–water partition coefficient (Wildman–Crippen LogP) is 5.83. The molecule has 0 unspecified atom stereocenters. The van der Waals surface area contributed by atoms with Crippen LogP contribution in [0.3, 0.4) is 0 Å². The molecule has 168 valence electrons. The van der Waals surface area contributed by atoms with Gasteiger partial charge >= 0.3 is 0 Å². The fraction of sp³-hybridized carbons (Fsp3) is 0.111. The monoisotopic (exact) mass is 449 g/mol. The van der Waals surface area contributed by atoms with Gasteiger partial charge in [0, 0.05) is 28.4 Å². The van der Waals surface area contributed by atoms with E-state index in [-0.39, 0.29) is 12.3 Å². The number of nitrogens with zero attached hydrogens (tertiary/aromatic N) is 3. The lowest BCUT2D eigenvalue weighted by Crippen LogP contribution is -2.14. The fourth-order valence-corrected chi connectivity index (χ4v) is 3.90. The van der Waals surface area contributed by atoms with E-state index in [1.807, 2.05) is 86.6 Å². The Morgan fingerprint density at radius 3 is 2.47 bits per heavy atom. The molecule has 2 N–H and O–H groups in total. The third-order valence-corrected chi connectivity index (χ3v) is 5.48. The van der Waals surface area contributed by atoms with E-state index in [9.17, 15) is 4.79 Å². The summed E-state index contributed by atoms with van der Waals surface area (Å²) in [6.45, 7) is 3.99. The van der Waals surface area contributed by atoms with Crippen molar-refractivity contribution >= 4 is 34.1 Å². The highest BCUT2D eigenvalue weighted by Crippen LogP contribution is 2.25. The highest BCUT2D eigenvalue weighted by Gasteiger charge is 2.14. The first-order chi connectivity index (χ1) is 16.5. The van der Waals surface area contributed by atoms with Gasteiger partial charge < -0.3 is 15.2 Å². The topological polar surface area (TPSA) is 92.9 Å². The molecule has 1 amide bonds. The molecule has 0 bridgehead atoms. The van der Waals surface area contributed by atoms with Gasteiger partial charge in [-0.15, -0.1) is 0 Å². The molecule has 2 aromatic heterocycles. The molecule has 0 aliphatic heterocycles. The average Bonchev–Trinajstić information content (AvgIpc) is 3.23. The molecule has 0 atom stereocenters. The van der Waals surface area contributed by atoms with E-state index in [1.54, 1.807) is 0 Å². The van der Waals surface area contributed by atoms with Crippen molar-refractivity contribution in [2.24, 2.45) is 0 Å². The van der Waals surface area contributed by atoms with Crippen LogP contribution < -0.4 is 10.6 Å². The van der Waals surface area contributed by atoms with Crippen molar-refractivity contribution in [3.8, 4) is 11.3 Å². The first kappa shape index (κ1) is 21.3. The maximum absolute atomic E-state index is 12.6. The lowest BCUT2D eigenvalue weighted by Gasteiger charge is -2.09. The quantitative estimate of drug-likeness (QED) is 0.339. The van der Waals surface area contributed by atoms with Crippen molar-refractivity contribution in [3.05, 3.63) is 95.9 Å². The molecule has 0 aliphatic rings. The van der Waals surface area contributed by atoms with Gasteiger partial charge in [-0.1, -0.05) is 41.6 Å². The van der Waals surface area contributed by atoms with Gasteiger partial charge in [-0.2, -0.15) is 0 Å². The summed E-state index contributed by atoms with van der Waals surface area (Å²) in [5.74, 6) is 0.535. The lowest BCUT2D eigenvalue weighted by molar-refractivity contribution is -0.115. The summed E-state index contributed by atoms with van der Waals surface area (Å²) in [6, 6.07) is 23.3. The first-order valence-corrected chi connectivity index (χ1v) is 10.9. The number of rotatable bonds is 6. The predicted molar refractivity (Wildman–Crippen MR) is 133 cm³/mol. The second-order valence-corrected chi connectivity index (χ2v) is 8.17. The Bertz CT molecular complexity index is 1460. The third kappa shape index (κ3) is 4.63. The molecule has 0 radical (unpaired) electrons. The number of amides is 1. The summed E-state index contributed by atoms with van der Waals surface area (Å²) >= 11 is 0. The number of benzene rings is 3. The van der Waals surface area contributed by atoms with Crippen LogP contribution in [-0.4, -0.2) is 21.0 Å². The Hall–Kier alpha value is -4.52. The van der Waals surface area contributed by atoms with Gasteiger partial charge in [-0.05, 0) is 55.3 Å². The fourth-order valence-electron chi connectivity index (χ4n) is 3.90. The Morgan fingerprint density at radius 2 is 1.68 bits per heavy atom. The highest BCUT2D eigenvalue weighted by atomic mass is 16.5. The summed E-state index contributed by atoms with van der Waals surface area (Å²) in [6.07, 6.45) is 1.68. The zero-order valence-electron chi connectivity index (χ0n) is 18.9. The molecule has 0 saturated carbocycles. The molecule has 7 nitrogen and oxygen atoms in total. The van der Waals surface area contributed by atoms with Crippen LogP contribution in [0.15, 0.2) is 83.6 Å². The summed E-state index contributed by atoms with van der Waals surface area (Å²) in [7, 11) is 0. The molecule has 0 spiro atoms. The Balaban J connectivity index is 1.24. The van der Waals surface area contributed by atoms with Gasteiger partial charge in [0.1, 0.15) is 17.8 Å². The standard InChI is InChI=1S/C27H23N5O2/c1-17-12-18(2)27-22(13-17)24(32-34-27)15-26(33)31-21-10-8-20(9-11-21)30-25-14-23(28-16-29-25)19-6-4-3-5-7-19/h3-14,16H,15H2,1-2H3,(H,31,33)(H,28,29,30). The molecule has 0 saturated heterocycles. The molecule has 5 aromatic rings. The minimum absolute atomic E-state index is 0.138. The van der Waals surface area contributed by atoms with Crippen LogP contribution in [0.2, 0.25) is 0 Å². The lowest BCUT2D eigenvalue weighted by atomic mass is 10.1. The van der Waals surface area contributed by atoms with Crippen molar-refractivity contribution in [1.82, 2.24) is 15.1 Å². The molecule has 0 aliphatic carbocycles. The van der Waals surface area contributed by atoms with Crippen molar-refractivity contribution < 1.29 is 9.32 Å². The molecule has 2 heterocycles. The van der Waals surface area contributed by atoms with Crippen LogP contribution in [0.1, 0.15) is 16.8 Å². The van der Waals surface area contributed by atoms with Crippen molar-refractivity contribution in [2.45, 2.75) is 20.3 Å². The Morgan fingerprint density at radius 1 is 0.912 bits per heavy atom. The van der Waals surface area contributed by atoms with E-state index in [4.69, 9.17) is 4.52 Å². The average molecular weight is 450 g/mol. The summed E-state index contributed by atoms with van der Waals surface area (Å²) in [4.78, 5) is 21.3. The zero-order chi connectivity index (χ0) is 23.5. The van der Waals surface area contributed by atoms with Crippen LogP contribution in [0.5, 0.6) is 0 Å². The van der Waals surface area contributed by atoms with E-state index < -0.39 is 0 Å². The Labute approximate surface area is 196 Å². The number of carbonyl (C=O) groups is 1. The van der Waals surface area contributed by atoms with Gasteiger partial charge in [-0.25, -0.2) is 9.97 Å². The van der Waals surface area contributed by atoms with E-state index in [0.717, 1.165) is 39.0 Å².